The fourth-order valence-electron chi connectivity index (χ4n) is 4.00. The van der Waals surface area contributed by atoms with Gasteiger partial charge in [0.1, 0.15) is 22.4 Å². The molecule has 10 heteroatoms. The van der Waals surface area contributed by atoms with Crippen molar-refractivity contribution in [3.8, 4) is 5.75 Å². The molecule has 9 nitrogen and oxygen atoms in total. The summed E-state index contributed by atoms with van der Waals surface area (Å²) in [5, 5.41) is 0. The van der Waals surface area contributed by atoms with Gasteiger partial charge in [0, 0.05) is 45.6 Å². The summed E-state index contributed by atoms with van der Waals surface area (Å²) in [6, 6.07) is 6.29. The number of amides is 1. The Bertz CT molecular complexity index is 1000. The van der Waals surface area contributed by atoms with Crippen LogP contribution < -0.4 is 4.74 Å². The van der Waals surface area contributed by atoms with Crippen LogP contribution in [0.4, 0.5) is 0 Å². The van der Waals surface area contributed by atoms with Gasteiger partial charge in [-0.2, -0.15) is 4.31 Å². The molecule has 2 atom stereocenters. The SMILES string of the molecule is COCCN1[C@H]2CCN(C(=O)c3cnccn3)CC[C@@H]2Oc2ccccc2S1(=O)=O. The third-order valence-corrected chi connectivity index (χ3v) is 7.44. The van der Waals surface area contributed by atoms with Crippen molar-refractivity contribution < 1.29 is 22.7 Å². The minimum absolute atomic E-state index is 0.168. The van der Waals surface area contributed by atoms with Crippen molar-refractivity contribution in [1.82, 2.24) is 19.2 Å². The molecule has 2 aliphatic heterocycles. The molecule has 1 aromatic heterocycles. The first kappa shape index (κ1) is 20.7. The van der Waals surface area contributed by atoms with Gasteiger partial charge in [-0.15, -0.1) is 0 Å². The van der Waals surface area contributed by atoms with E-state index in [1.165, 1.54) is 22.9 Å². The van der Waals surface area contributed by atoms with Gasteiger partial charge in [-0.05, 0) is 18.6 Å². The number of para-hydroxylation sites is 1. The number of fused-ring (bicyclic) bond motifs is 2. The van der Waals surface area contributed by atoms with Gasteiger partial charge in [-0.25, -0.2) is 13.4 Å². The van der Waals surface area contributed by atoms with Crippen LogP contribution in [0.3, 0.4) is 0 Å². The number of methoxy groups -OCH3 is 1. The number of ether oxygens (including phenoxy) is 2. The second-order valence-corrected chi connectivity index (χ2v) is 9.10. The average molecular weight is 433 g/mol. The summed E-state index contributed by atoms with van der Waals surface area (Å²) in [4.78, 5) is 22.7. The second kappa shape index (κ2) is 8.66. The highest BCUT2D eigenvalue weighted by molar-refractivity contribution is 7.89. The fraction of sp³-hybridized carbons (Fsp3) is 0.450. The second-order valence-electron chi connectivity index (χ2n) is 7.24. The first-order valence-electron chi connectivity index (χ1n) is 9.84. The van der Waals surface area contributed by atoms with E-state index in [2.05, 4.69) is 9.97 Å². The largest absolute Gasteiger partial charge is 0.487 e. The maximum atomic E-state index is 13.4. The number of benzene rings is 1. The van der Waals surface area contributed by atoms with E-state index in [4.69, 9.17) is 9.47 Å². The maximum absolute atomic E-state index is 13.4. The van der Waals surface area contributed by atoms with Gasteiger partial charge in [-0.3, -0.25) is 9.78 Å². The number of hydrogen-bond donors (Lipinski definition) is 0. The zero-order chi connectivity index (χ0) is 21.1. The molecule has 160 valence electrons. The summed E-state index contributed by atoms with van der Waals surface area (Å²) in [5.74, 6) is 0.132. The Hall–Kier alpha value is -2.56. The zero-order valence-electron chi connectivity index (χ0n) is 16.7. The molecule has 0 unspecified atom stereocenters. The first-order chi connectivity index (χ1) is 14.5. The summed E-state index contributed by atoms with van der Waals surface area (Å²) >= 11 is 0. The van der Waals surface area contributed by atoms with Gasteiger partial charge in [0.05, 0.1) is 18.8 Å². The maximum Gasteiger partial charge on any atom is 0.274 e. The number of sulfonamides is 1. The Morgan fingerprint density at radius 3 is 2.80 bits per heavy atom. The Morgan fingerprint density at radius 2 is 2.03 bits per heavy atom. The lowest BCUT2D eigenvalue weighted by molar-refractivity contribution is 0.0748. The van der Waals surface area contributed by atoms with Gasteiger partial charge in [0.2, 0.25) is 10.0 Å². The Balaban J connectivity index is 1.65. The summed E-state index contributed by atoms with van der Waals surface area (Å²) in [6.45, 7) is 1.33. The van der Waals surface area contributed by atoms with Crippen LogP contribution in [0.5, 0.6) is 5.75 Å². The van der Waals surface area contributed by atoms with Crippen molar-refractivity contribution in [2.24, 2.45) is 0 Å². The van der Waals surface area contributed by atoms with Crippen molar-refractivity contribution in [1.29, 1.82) is 0 Å². The lowest BCUT2D eigenvalue weighted by atomic mass is 10.1. The molecule has 0 N–H and O–H groups in total. The van der Waals surface area contributed by atoms with Crippen molar-refractivity contribution in [2.75, 3.05) is 33.4 Å². The summed E-state index contributed by atoms with van der Waals surface area (Å²) < 4.78 is 39.7. The van der Waals surface area contributed by atoms with Crippen LogP contribution in [-0.4, -0.2) is 79.0 Å². The highest BCUT2D eigenvalue weighted by Crippen LogP contribution is 2.36. The number of hydrogen-bond acceptors (Lipinski definition) is 7. The number of nitrogens with zero attached hydrogens (tertiary/aromatic N) is 4. The molecular weight excluding hydrogens is 408 g/mol. The van der Waals surface area contributed by atoms with Crippen LogP contribution >= 0.6 is 0 Å². The lowest BCUT2D eigenvalue weighted by Crippen LogP contribution is -2.48. The van der Waals surface area contributed by atoms with Crippen LogP contribution in [0, 0.1) is 0 Å². The smallest absolute Gasteiger partial charge is 0.274 e. The van der Waals surface area contributed by atoms with Crippen molar-refractivity contribution >= 4 is 15.9 Å². The van der Waals surface area contributed by atoms with E-state index in [1.54, 1.807) is 36.3 Å². The highest BCUT2D eigenvalue weighted by atomic mass is 32.2. The van der Waals surface area contributed by atoms with E-state index in [0.717, 1.165) is 0 Å². The third-order valence-electron chi connectivity index (χ3n) is 5.48. The molecule has 0 radical (unpaired) electrons. The minimum atomic E-state index is -3.77. The molecule has 4 rings (SSSR count). The Morgan fingerprint density at radius 1 is 1.23 bits per heavy atom. The zero-order valence-corrected chi connectivity index (χ0v) is 17.5. The minimum Gasteiger partial charge on any atom is -0.487 e. The monoisotopic (exact) mass is 432 g/mol. The first-order valence-corrected chi connectivity index (χ1v) is 11.3. The van der Waals surface area contributed by atoms with Crippen molar-refractivity contribution in [3.63, 3.8) is 0 Å². The number of rotatable bonds is 4. The molecular formula is C20H24N4O5S. The lowest BCUT2D eigenvalue weighted by Gasteiger charge is -2.31. The molecule has 0 saturated carbocycles. The third kappa shape index (κ3) is 3.90. The van der Waals surface area contributed by atoms with Crippen LogP contribution in [0.1, 0.15) is 23.3 Å². The van der Waals surface area contributed by atoms with E-state index in [9.17, 15) is 13.2 Å². The molecule has 0 bridgehead atoms. The van der Waals surface area contributed by atoms with Crippen LogP contribution in [0.15, 0.2) is 47.8 Å². The van der Waals surface area contributed by atoms with Crippen LogP contribution in [0.2, 0.25) is 0 Å². The topological polar surface area (TPSA) is 102 Å². The predicted octanol–water partition coefficient (Wildman–Crippen LogP) is 1.18. The molecule has 1 fully saturated rings. The quantitative estimate of drug-likeness (QED) is 0.715. The van der Waals surface area contributed by atoms with Gasteiger partial charge in [-0.1, -0.05) is 12.1 Å². The fourth-order valence-corrected chi connectivity index (χ4v) is 5.78. The molecule has 3 heterocycles. The molecule has 0 spiro atoms. The number of likely N-dealkylation sites (tertiary alicyclic amines) is 1. The molecule has 1 amide bonds. The average Bonchev–Trinajstić information content (AvgIpc) is 3.01. The van der Waals surface area contributed by atoms with E-state index < -0.39 is 16.1 Å². The predicted molar refractivity (Wildman–Crippen MR) is 108 cm³/mol. The Kier molecular flexibility index (Phi) is 5.98. The number of aromatic nitrogens is 2. The van der Waals surface area contributed by atoms with Gasteiger partial charge >= 0.3 is 0 Å². The highest BCUT2D eigenvalue weighted by Gasteiger charge is 2.43. The van der Waals surface area contributed by atoms with Crippen molar-refractivity contribution in [2.45, 2.75) is 29.9 Å². The Labute approximate surface area is 175 Å². The van der Waals surface area contributed by atoms with E-state index >= 15 is 0 Å². The summed E-state index contributed by atoms with van der Waals surface area (Å²) in [7, 11) is -2.22. The molecule has 0 aliphatic carbocycles. The number of carbonyl (C=O) groups is 1. The van der Waals surface area contributed by atoms with Gasteiger partial charge in [0.15, 0.2) is 0 Å². The molecule has 2 aromatic rings. The normalized spacial score (nSPS) is 23.4. The van der Waals surface area contributed by atoms with Crippen molar-refractivity contribution in [3.05, 3.63) is 48.5 Å². The molecule has 2 aliphatic rings. The van der Waals surface area contributed by atoms with E-state index in [-0.39, 0.29) is 35.8 Å². The van der Waals surface area contributed by atoms with Crippen LogP contribution in [0.25, 0.3) is 0 Å². The summed E-state index contributed by atoms with van der Waals surface area (Å²) in [5.41, 5.74) is 0.273. The van der Waals surface area contributed by atoms with Crippen LogP contribution in [-0.2, 0) is 14.8 Å². The molecule has 1 aromatic carbocycles. The standard InChI is InChI=1S/C20H24N4O5S/c1-28-13-12-24-16-6-10-23(20(25)15-14-21-8-9-22-15)11-7-17(16)29-18-4-2-3-5-19(18)30(24,26)27/h2-5,8-9,14,16-17H,6-7,10-13H2,1H3/t16-,17-/m0/s1. The van der Waals surface area contributed by atoms with E-state index in [1.807, 2.05) is 0 Å². The van der Waals surface area contributed by atoms with Gasteiger partial charge < -0.3 is 14.4 Å². The van der Waals surface area contributed by atoms with E-state index in [0.29, 0.717) is 31.7 Å². The van der Waals surface area contributed by atoms with Gasteiger partial charge in [0.25, 0.3) is 5.91 Å². The molecule has 30 heavy (non-hydrogen) atoms. The molecule has 1 saturated heterocycles. The summed E-state index contributed by atoms with van der Waals surface area (Å²) in [6.07, 6.45) is 5.01. The number of carbonyl (C=O) groups excluding carboxylic acids is 1.